The normalized spacial score (nSPS) is 22.5. The quantitative estimate of drug-likeness (QED) is 0.794. The number of likely N-dealkylation sites (tertiary alicyclic amines) is 3. The van der Waals surface area contributed by atoms with Crippen LogP contribution in [0.4, 0.5) is 0 Å². The topological polar surface area (TPSA) is 30.0 Å². The van der Waals surface area contributed by atoms with Gasteiger partial charge in [0.15, 0.2) is 0 Å². The zero-order valence-electron chi connectivity index (χ0n) is 16.7. The molecule has 1 aromatic carbocycles. The number of phenolic OH excluding ortho intramolecular Hbond substituents is 1. The first-order valence-corrected chi connectivity index (χ1v) is 11.0. The summed E-state index contributed by atoms with van der Waals surface area (Å²) < 4.78 is 0. The Kier molecular flexibility index (Phi) is 6.48. The lowest BCUT2D eigenvalue weighted by Crippen LogP contribution is -2.20. The summed E-state index contributed by atoms with van der Waals surface area (Å²) in [7, 11) is 0. The second kappa shape index (κ2) is 9.22. The molecule has 27 heavy (non-hydrogen) atoms. The molecule has 3 aliphatic rings. The van der Waals surface area contributed by atoms with E-state index in [1.807, 2.05) is 0 Å². The molecule has 0 unspecified atom stereocenters. The Hall–Kier alpha value is -1.36. The maximum absolute atomic E-state index is 10.9. The highest BCUT2D eigenvalue weighted by Crippen LogP contribution is 2.29. The maximum atomic E-state index is 10.9. The summed E-state index contributed by atoms with van der Waals surface area (Å²) in [5, 5.41) is 10.9. The molecule has 3 fully saturated rings. The van der Waals surface area contributed by atoms with Crippen LogP contribution < -0.4 is 0 Å². The lowest BCUT2D eigenvalue weighted by molar-refractivity contribution is 0.312. The van der Waals surface area contributed by atoms with Crippen LogP contribution in [-0.2, 0) is 13.1 Å². The van der Waals surface area contributed by atoms with Crippen molar-refractivity contribution in [3.8, 4) is 5.75 Å². The molecule has 0 amide bonds. The first-order valence-electron chi connectivity index (χ1n) is 11.0. The van der Waals surface area contributed by atoms with Crippen LogP contribution in [0.3, 0.4) is 0 Å². The highest BCUT2D eigenvalue weighted by molar-refractivity contribution is 5.56. The summed E-state index contributed by atoms with van der Waals surface area (Å²) >= 11 is 0. The molecule has 0 bridgehead atoms. The largest absolute Gasteiger partial charge is 0.507 e. The SMILES string of the molecule is Oc1c(CN2CCCC2)cc(C=CCN2CCCC2)cc1CN1CCCC1. The summed E-state index contributed by atoms with van der Waals surface area (Å²) in [6, 6.07) is 4.42. The Morgan fingerprint density at radius 3 is 1.63 bits per heavy atom. The Balaban J connectivity index is 1.51. The molecule has 0 atom stereocenters. The van der Waals surface area contributed by atoms with E-state index in [0.717, 1.165) is 56.9 Å². The average molecular weight is 370 g/mol. The van der Waals surface area contributed by atoms with E-state index in [1.54, 1.807) is 0 Å². The number of hydrogen-bond donors (Lipinski definition) is 1. The highest BCUT2D eigenvalue weighted by atomic mass is 16.3. The molecule has 0 spiro atoms. The van der Waals surface area contributed by atoms with Gasteiger partial charge in [-0.15, -0.1) is 0 Å². The van der Waals surface area contributed by atoms with Crippen LogP contribution >= 0.6 is 0 Å². The lowest BCUT2D eigenvalue weighted by atomic mass is 10.0. The Morgan fingerprint density at radius 2 is 1.15 bits per heavy atom. The van der Waals surface area contributed by atoms with E-state index >= 15 is 0 Å². The van der Waals surface area contributed by atoms with Gasteiger partial charge in [0.2, 0.25) is 0 Å². The van der Waals surface area contributed by atoms with Gasteiger partial charge in [-0.3, -0.25) is 14.7 Å². The van der Waals surface area contributed by atoms with E-state index in [2.05, 4.69) is 39.0 Å². The van der Waals surface area contributed by atoms with Crippen molar-refractivity contribution in [1.29, 1.82) is 0 Å². The third kappa shape index (κ3) is 5.13. The van der Waals surface area contributed by atoms with Crippen LogP contribution in [0.2, 0.25) is 0 Å². The molecule has 0 radical (unpaired) electrons. The Morgan fingerprint density at radius 1 is 0.704 bits per heavy atom. The van der Waals surface area contributed by atoms with Crippen molar-refractivity contribution in [2.75, 3.05) is 45.8 Å². The molecule has 0 aromatic heterocycles. The van der Waals surface area contributed by atoms with Crippen molar-refractivity contribution in [3.63, 3.8) is 0 Å². The molecule has 1 aromatic rings. The monoisotopic (exact) mass is 369 g/mol. The van der Waals surface area contributed by atoms with E-state index in [-0.39, 0.29) is 0 Å². The van der Waals surface area contributed by atoms with Gasteiger partial charge in [0.25, 0.3) is 0 Å². The lowest BCUT2D eigenvalue weighted by Gasteiger charge is -2.21. The van der Waals surface area contributed by atoms with E-state index in [1.165, 1.54) is 57.2 Å². The summed E-state index contributed by atoms with van der Waals surface area (Å²) in [6.45, 7) is 9.93. The minimum Gasteiger partial charge on any atom is -0.507 e. The fourth-order valence-corrected chi connectivity index (χ4v) is 4.79. The van der Waals surface area contributed by atoms with E-state index in [0.29, 0.717) is 5.75 Å². The van der Waals surface area contributed by atoms with Crippen LogP contribution in [0.1, 0.15) is 55.2 Å². The number of nitrogens with zero attached hydrogens (tertiary/aromatic N) is 3. The summed E-state index contributed by atoms with van der Waals surface area (Å²) in [4.78, 5) is 7.48. The molecular formula is C23H35N3O. The first-order chi connectivity index (χ1) is 13.3. The van der Waals surface area contributed by atoms with Crippen LogP contribution in [0.15, 0.2) is 18.2 Å². The Bertz CT molecular complexity index is 600. The van der Waals surface area contributed by atoms with Crippen molar-refractivity contribution >= 4 is 6.08 Å². The summed E-state index contributed by atoms with van der Waals surface area (Å²) in [6.07, 6.45) is 12.4. The molecule has 0 aliphatic carbocycles. The van der Waals surface area contributed by atoms with Crippen LogP contribution in [-0.4, -0.2) is 65.6 Å². The van der Waals surface area contributed by atoms with Crippen molar-refractivity contribution in [2.45, 2.75) is 51.6 Å². The number of benzene rings is 1. The van der Waals surface area contributed by atoms with Gasteiger partial charge in [-0.25, -0.2) is 0 Å². The third-order valence-corrected chi connectivity index (χ3v) is 6.35. The molecule has 4 nitrogen and oxygen atoms in total. The Labute approximate surface area is 164 Å². The fourth-order valence-electron chi connectivity index (χ4n) is 4.79. The highest BCUT2D eigenvalue weighted by Gasteiger charge is 2.19. The van der Waals surface area contributed by atoms with E-state index in [9.17, 15) is 5.11 Å². The molecule has 1 N–H and O–H groups in total. The average Bonchev–Trinajstić information content (AvgIpc) is 3.42. The van der Waals surface area contributed by atoms with Gasteiger partial charge < -0.3 is 5.11 Å². The minimum absolute atomic E-state index is 0.533. The number of phenols is 1. The predicted octanol–water partition coefficient (Wildman–Crippen LogP) is 3.69. The summed E-state index contributed by atoms with van der Waals surface area (Å²) in [5.41, 5.74) is 3.46. The number of aromatic hydroxyl groups is 1. The van der Waals surface area contributed by atoms with Crippen molar-refractivity contribution in [1.82, 2.24) is 14.7 Å². The van der Waals surface area contributed by atoms with E-state index in [4.69, 9.17) is 0 Å². The zero-order valence-corrected chi connectivity index (χ0v) is 16.7. The van der Waals surface area contributed by atoms with Gasteiger partial charge in [0, 0.05) is 30.8 Å². The standard InChI is InChI=1S/C23H35N3O/c27-23-21(18-25-11-3-4-12-25)16-20(8-7-15-24-9-1-2-10-24)17-22(23)19-26-13-5-6-14-26/h7-8,16-17,27H,1-6,9-15,18-19H2. The molecule has 4 heteroatoms. The number of hydrogen-bond acceptors (Lipinski definition) is 4. The second-order valence-electron chi connectivity index (χ2n) is 8.56. The molecule has 3 aliphatic heterocycles. The zero-order chi connectivity index (χ0) is 18.5. The smallest absolute Gasteiger partial charge is 0.124 e. The van der Waals surface area contributed by atoms with Gasteiger partial charge in [-0.1, -0.05) is 12.2 Å². The van der Waals surface area contributed by atoms with Crippen LogP contribution in [0.5, 0.6) is 5.75 Å². The van der Waals surface area contributed by atoms with Crippen LogP contribution in [0, 0.1) is 0 Å². The van der Waals surface area contributed by atoms with Crippen molar-refractivity contribution in [2.24, 2.45) is 0 Å². The van der Waals surface area contributed by atoms with Gasteiger partial charge in [0.05, 0.1) is 0 Å². The van der Waals surface area contributed by atoms with Gasteiger partial charge >= 0.3 is 0 Å². The van der Waals surface area contributed by atoms with Gasteiger partial charge in [-0.2, -0.15) is 0 Å². The van der Waals surface area contributed by atoms with Crippen molar-refractivity contribution in [3.05, 3.63) is 34.9 Å². The van der Waals surface area contributed by atoms with E-state index < -0.39 is 0 Å². The molecular weight excluding hydrogens is 334 g/mol. The molecule has 4 rings (SSSR count). The van der Waals surface area contributed by atoms with Gasteiger partial charge in [0.1, 0.15) is 5.75 Å². The number of rotatable bonds is 7. The first kappa shape index (κ1) is 19.0. The molecule has 0 saturated carbocycles. The molecule has 148 valence electrons. The predicted molar refractivity (Wildman–Crippen MR) is 112 cm³/mol. The summed E-state index contributed by atoms with van der Waals surface area (Å²) in [5.74, 6) is 0.533. The minimum atomic E-state index is 0.533. The maximum Gasteiger partial charge on any atom is 0.124 e. The fraction of sp³-hybridized carbons (Fsp3) is 0.652. The molecule has 3 saturated heterocycles. The van der Waals surface area contributed by atoms with Crippen LogP contribution in [0.25, 0.3) is 6.08 Å². The third-order valence-electron chi connectivity index (χ3n) is 6.35. The van der Waals surface area contributed by atoms with Crippen molar-refractivity contribution < 1.29 is 5.11 Å². The van der Waals surface area contributed by atoms with Gasteiger partial charge in [-0.05, 0) is 95.5 Å². The molecule has 3 heterocycles. The second-order valence-corrected chi connectivity index (χ2v) is 8.56.